The third-order valence-electron chi connectivity index (χ3n) is 4.04. The van der Waals surface area contributed by atoms with Crippen molar-refractivity contribution >= 4 is 23.1 Å². The van der Waals surface area contributed by atoms with Gasteiger partial charge in [0, 0.05) is 17.4 Å². The SMILES string of the molecule is Cc1cccc(Nc2cc(C(=O)Nc3ccc(C#N)cc3)ncn2)c1C. The number of nitrogens with zero attached hydrogens (tertiary/aromatic N) is 3. The first-order chi connectivity index (χ1) is 12.6. The van der Waals surface area contributed by atoms with Gasteiger partial charge in [0.05, 0.1) is 11.6 Å². The Labute approximate surface area is 151 Å². The number of carbonyl (C=O) groups excluding carboxylic acids is 1. The minimum Gasteiger partial charge on any atom is -0.340 e. The number of aromatic nitrogens is 2. The minimum atomic E-state index is -0.346. The average Bonchev–Trinajstić information content (AvgIpc) is 2.66. The maximum atomic E-state index is 12.4. The first kappa shape index (κ1) is 17.1. The Hall–Kier alpha value is -3.72. The molecule has 0 aliphatic rings. The molecular formula is C20H17N5O. The fourth-order valence-corrected chi connectivity index (χ4v) is 2.40. The van der Waals surface area contributed by atoms with E-state index in [0.29, 0.717) is 17.1 Å². The van der Waals surface area contributed by atoms with Crippen LogP contribution in [0.2, 0.25) is 0 Å². The number of nitrogens with one attached hydrogen (secondary N) is 2. The molecule has 26 heavy (non-hydrogen) atoms. The summed E-state index contributed by atoms with van der Waals surface area (Å²) in [7, 11) is 0. The zero-order valence-electron chi connectivity index (χ0n) is 14.4. The van der Waals surface area contributed by atoms with Crippen LogP contribution in [0.15, 0.2) is 54.9 Å². The van der Waals surface area contributed by atoms with Crippen LogP contribution in [-0.2, 0) is 0 Å². The molecule has 1 aromatic heterocycles. The lowest BCUT2D eigenvalue weighted by atomic mass is 10.1. The van der Waals surface area contributed by atoms with Crippen LogP contribution < -0.4 is 10.6 Å². The highest BCUT2D eigenvalue weighted by Crippen LogP contribution is 2.22. The molecule has 0 unspecified atom stereocenters. The zero-order chi connectivity index (χ0) is 18.5. The lowest BCUT2D eigenvalue weighted by molar-refractivity contribution is 0.102. The maximum absolute atomic E-state index is 12.4. The fraction of sp³-hybridized carbons (Fsp3) is 0.100. The van der Waals surface area contributed by atoms with Crippen molar-refractivity contribution in [1.29, 1.82) is 5.26 Å². The van der Waals surface area contributed by atoms with E-state index in [1.54, 1.807) is 30.3 Å². The van der Waals surface area contributed by atoms with Gasteiger partial charge in [-0.1, -0.05) is 12.1 Å². The van der Waals surface area contributed by atoms with Gasteiger partial charge in [0.15, 0.2) is 0 Å². The third-order valence-corrected chi connectivity index (χ3v) is 4.04. The second-order valence-electron chi connectivity index (χ2n) is 5.80. The molecule has 0 spiro atoms. The van der Waals surface area contributed by atoms with Crippen LogP contribution >= 0.6 is 0 Å². The summed E-state index contributed by atoms with van der Waals surface area (Å²) in [5, 5.41) is 14.8. The fourth-order valence-electron chi connectivity index (χ4n) is 2.40. The molecule has 0 saturated heterocycles. The van der Waals surface area contributed by atoms with Crippen molar-refractivity contribution in [2.24, 2.45) is 0 Å². The van der Waals surface area contributed by atoms with E-state index in [-0.39, 0.29) is 11.6 Å². The molecule has 0 atom stereocenters. The largest absolute Gasteiger partial charge is 0.340 e. The Balaban J connectivity index is 1.76. The highest BCUT2D eigenvalue weighted by molar-refractivity contribution is 6.03. The van der Waals surface area contributed by atoms with Crippen molar-refractivity contribution in [1.82, 2.24) is 9.97 Å². The monoisotopic (exact) mass is 343 g/mol. The van der Waals surface area contributed by atoms with E-state index in [4.69, 9.17) is 5.26 Å². The van der Waals surface area contributed by atoms with E-state index < -0.39 is 0 Å². The molecular weight excluding hydrogens is 326 g/mol. The van der Waals surface area contributed by atoms with Crippen LogP contribution in [0.3, 0.4) is 0 Å². The molecule has 0 radical (unpaired) electrons. The number of hydrogen-bond donors (Lipinski definition) is 2. The molecule has 1 amide bonds. The number of anilines is 3. The van der Waals surface area contributed by atoms with Gasteiger partial charge in [-0.05, 0) is 55.3 Å². The Kier molecular flexibility index (Phi) is 4.90. The first-order valence-electron chi connectivity index (χ1n) is 8.03. The van der Waals surface area contributed by atoms with E-state index in [9.17, 15) is 4.79 Å². The predicted molar refractivity (Wildman–Crippen MR) is 100 cm³/mol. The molecule has 0 fully saturated rings. The van der Waals surface area contributed by atoms with Gasteiger partial charge in [-0.25, -0.2) is 9.97 Å². The van der Waals surface area contributed by atoms with Crippen molar-refractivity contribution in [3.05, 3.63) is 77.2 Å². The molecule has 2 N–H and O–H groups in total. The van der Waals surface area contributed by atoms with E-state index in [1.807, 2.05) is 38.1 Å². The Morgan fingerprint density at radius 1 is 1.08 bits per heavy atom. The number of nitriles is 1. The Morgan fingerprint density at radius 2 is 1.85 bits per heavy atom. The van der Waals surface area contributed by atoms with Gasteiger partial charge in [0.1, 0.15) is 17.8 Å². The normalized spacial score (nSPS) is 10.0. The van der Waals surface area contributed by atoms with Crippen LogP contribution in [0.4, 0.5) is 17.2 Å². The van der Waals surface area contributed by atoms with Gasteiger partial charge in [-0.2, -0.15) is 5.26 Å². The molecule has 0 bridgehead atoms. The molecule has 1 heterocycles. The molecule has 3 rings (SSSR count). The van der Waals surface area contributed by atoms with Crippen LogP contribution in [-0.4, -0.2) is 15.9 Å². The highest BCUT2D eigenvalue weighted by atomic mass is 16.1. The summed E-state index contributed by atoms with van der Waals surface area (Å²) >= 11 is 0. The van der Waals surface area contributed by atoms with Gasteiger partial charge >= 0.3 is 0 Å². The lowest BCUT2D eigenvalue weighted by Crippen LogP contribution is -2.14. The van der Waals surface area contributed by atoms with Crippen molar-refractivity contribution in [2.75, 3.05) is 10.6 Å². The second kappa shape index (κ2) is 7.45. The number of aryl methyl sites for hydroxylation is 1. The van der Waals surface area contributed by atoms with Gasteiger partial charge in [0.2, 0.25) is 0 Å². The van der Waals surface area contributed by atoms with Crippen LogP contribution in [0.1, 0.15) is 27.2 Å². The summed E-state index contributed by atoms with van der Waals surface area (Å²) in [6, 6.07) is 16.2. The number of amides is 1. The van der Waals surface area contributed by atoms with Gasteiger partial charge < -0.3 is 10.6 Å². The molecule has 2 aromatic carbocycles. The van der Waals surface area contributed by atoms with Crippen LogP contribution in [0.5, 0.6) is 0 Å². The molecule has 6 nitrogen and oxygen atoms in total. The summed E-state index contributed by atoms with van der Waals surface area (Å²) in [6.07, 6.45) is 1.35. The predicted octanol–water partition coefficient (Wildman–Crippen LogP) is 3.96. The number of hydrogen-bond acceptors (Lipinski definition) is 5. The summed E-state index contributed by atoms with van der Waals surface area (Å²) < 4.78 is 0. The van der Waals surface area contributed by atoms with Crippen LogP contribution in [0.25, 0.3) is 0 Å². The zero-order valence-corrected chi connectivity index (χ0v) is 14.4. The van der Waals surface area contributed by atoms with Gasteiger partial charge in [-0.3, -0.25) is 4.79 Å². The molecule has 6 heteroatoms. The summed E-state index contributed by atoms with van der Waals surface area (Å²) in [6.45, 7) is 4.06. The van der Waals surface area contributed by atoms with Crippen molar-refractivity contribution < 1.29 is 4.79 Å². The Bertz CT molecular complexity index is 990. The summed E-state index contributed by atoms with van der Waals surface area (Å²) in [5.41, 5.74) is 4.60. The highest BCUT2D eigenvalue weighted by Gasteiger charge is 2.10. The topological polar surface area (TPSA) is 90.7 Å². The Morgan fingerprint density at radius 3 is 2.58 bits per heavy atom. The van der Waals surface area contributed by atoms with E-state index >= 15 is 0 Å². The molecule has 128 valence electrons. The van der Waals surface area contributed by atoms with Gasteiger partial charge in [-0.15, -0.1) is 0 Å². The number of benzene rings is 2. The van der Waals surface area contributed by atoms with Crippen molar-refractivity contribution in [3.8, 4) is 6.07 Å². The van der Waals surface area contributed by atoms with Gasteiger partial charge in [0.25, 0.3) is 5.91 Å². The number of carbonyl (C=O) groups is 1. The lowest BCUT2D eigenvalue weighted by Gasteiger charge is -2.11. The smallest absolute Gasteiger partial charge is 0.274 e. The van der Waals surface area contributed by atoms with E-state index in [2.05, 4.69) is 20.6 Å². The van der Waals surface area contributed by atoms with E-state index in [1.165, 1.54) is 11.9 Å². The standard InChI is InChI=1S/C20H17N5O/c1-13-4-3-5-17(14(13)2)25-19-10-18(22-12-23-19)20(26)24-16-8-6-15(11-21)7-9-16/h3-10,12H,1-2H3,(H,24,26)(H,22,23,25). The molecule has 0 aliphatic heterocycles. The third kappa shape index (κ3) is 3.84. The van der Waals surface area contributed by atoms with Crippen molar-refractivity contribution in [2.45, 2.75) is 13.8 Å². The molecule has 3 aromatic rings. The first-order valence-corrected chi connectivity index (χ1v) is 8.03. The maximum Gasteiger partial charge on any atom is 0.274 e. The minimum absolute atomic E-state index is 0.247. The molecule has 0 saturated carbocycles. The summed E-state index contributed by atoms with van der Waals surface area (Å²) in [4.78, 5) is 20.6. The van der Waals surface area contributed by atoms with E-state index in [0.717, 1.165) is 11.3 Å². The van der Waals surface area contributed by atoms with Crippen molar-refractivity contribution in [3.63, 3.8) is 0 Å². The summed E-state index contributed by atoms with van der Waals surface area (Å²) in [5.74, 6) is 0.194. The van der Waals surface area contributed by atoms with Crippen LogP contribution in [0, 0.1) is 25.2 Å². The average molecular weight is 343 g/mol. The second-order valence-corrected chi connectivity index (χ2v) is 5.80. The number of rotatable bonds is 4. The quantitative estimate of drug-likeness (QED) is 0.748. The molecule has 0 aliphatic carbocycles.